The van der Waals surface area contributed by atoms with E-state index in [2.05, 4.69) is 6.92 Å². The molecule has 1 rings (SSSR count). The fourth-order valence-electron chi connectivity index (χ4n) is 2.02. The topological polar surface area (TPSA) is 52.0 Å². The van der Waals surface area contributed by atoms with E-state index in [4.69, 9.17) is 11.5 Å². The maximum Gasteiger partial charge on any atom is 0.00388 e. The second-order valence-corrected chi connectivity index (χ2v) is 3.89. The lowest BCUT2D eigenvalue weighted by molar-refractivity contribution is 0.245. The van der Waals surface area contributed by atoms with Crippen molar-refractivity contribution in [3.05, 3.63) is 0 Å². The van der Waals surface area contributed by atoms with Crippen molar-refractivity contribution in [3.8, 4) is 0 Å². The van der Waals surface area contributed by atoms with Crippen LogP contribution in [0.2, 0.25) is 0 Å². The van der Waals surface area contributed by atoms with Crippen LogP contribution in [0.25, 0.3) is 0 Å². The Bertz CT molecular complexity index is 112. The molecule has 0 heterocycles. The summed E-state index contributed by atoms with van der Waals surface area (Å²) in [7, 11) is 0. The molecule has 0 bridgehead atoms. The van der Waals surface area contributed by atoms with Gasteiger partial charge in [-0.3, -0.25) is 0 Å². The van der Waals surface area contributed by atoms with E-state index in [1.165, 1.54) is 25.7 Å². The fraction of sp³-hybridized carbons (Fsp3) is 1.00. The van der Waals surface area contributed by atoms with Gasteiger partial charge in [0.1, 0.15) is 0 Å². The second-order valence-electron chi connectivity index (χ2n) is 3.89. The van der Waals surface area contributed by atoms with E-state index < -0.39 is 0 Å². The molecule has 1 fully saturated rings. The molecular weight excluding hydrogens is 136 g/mol. The van der Waals surface area contributed by atoms with Gasteiger partial charge in [0.25, 0.3) is 0 Å². The molecule has 0 aliphatic heterocycles. The van der Waals surface area contributed by atoms with E-state index in [1.807, 2.05) is 0 Å². The van der Waals surface area contributed by atoms with Crippen molar-refractivity contribution in [1.29, 1.82) is 0 Å². The van der Waals surface area contributed by atoms with Gasteiger partial charge in [-0.25, -0.2) is 0 Å². The Kier molecular flexibility index (Phi) is 3.34. The Balaban J connectivity index is 2.33. The molecule has 2 nitrogen and oxygen atoms in total. The monoisotopic (exact) mass is 156 g/mol. The van der Waals surface area contributed by atoms with E-state index in [1.54, 1.807) is 0 Å². The summed E-state index contributed by atoms with van der Waals surface area (Å²) in [5.41, 5.74) is 11.5. The molecule has 66 valence electrons. The summed E-state index contributed by atoms with van der Waals surface area (Å²) >= 11 is 0. The van der Waals surface area contributed by atoms with Gasteiger partial charge in [0, 0.05) is 6.04 Å². The molecular formula is C9H20N2. The van der Waals surface area contributed by atoms with Crippen molar-refractivity contribution in [1.82, 2.24) is 0 Å². The van der Waals surface area contributed by atoms with Crippen molar-refractivity contribution >= 4 is 0 Å². The lowest BCUT2D eigenvalue weighted by atomic mass is 9.78. The Morgan fingerprint density at radius 3 is 2.73 bits per heavy atom. The Morgan fingerprint density at radius 1 is 1.45 bits per heavy atom. The maximum atomic E-state index is 5.84. The summed E-state index contributed by atoms with van der Waals surface area (Å²) in [5, 5.41) is 0. The van der Waals surface area contributed by atoms with Gasteiger partial charge in [-0.1, -0.05) is 6.42 Å². The zero-order chi connectivity index (χ0) is 8.27. The van der Waals surface area contributed by atoms with Crippen molar-refractivity contribution in [2.24, 2.45) is 23.3 Å². The molecule has 1 saturated carbocycles. The first kappa shape index (κ1) is 9.01. The minimum Gasteiger partial charge on any atom is -0.330 e. The largest absolute Gasteiger partial charge is 0.330 e. The predicted octanol–water partition coefficient (Wildman–Crippen LogP) is 1.10. The summed E-state index contributed by atoms with van der Waals surface area (Å²) < 4.78 is 0. The lowest BCUT2D eigenvalue weighted by Gasteiger charge is -2.30. The quantitative estimate of drug-likeness (QED) is 0.629. The summed E-state index contributed by atoms with van der Waals surface area (Å²) in [4.78, 5) is 0. The van der Waals surface area contributed by atoms with Crippen LogP contribution in [0.15, 0.2) is 0 Å². The molecule has 0 radical (unpaired) electrons. The van der Waals surface area contributed by atoms with Crippen molar-refractivity contribution in [3.63, 3.8) is 0 Å². The Morgan fingerprint density at radius 2 is 2.18 bits per heavy atom. The molecule has 2 heteroatoms. The van der Waals surface area contributed by atoms with Crippen LogP contribution in [-0.2, 0) is 0 Å². The van der Waals surface area contributed by atoms with Gasteiger partial charge >= 0.3 is 0 Å². The molecule has 0 aromatic heterocycles. The first-order valence-corrected chi connectivity index (χ1v) is 4.69. The van der Waals surface area contributed by atoms with Gasteiger partial charge in [0.15, 0.2) is 0 Å². The normalized spacial score (nSPS) is 35.2. The van der Waals surface area contributed by atoms with Crippen LogP contribution in [0.4, 0.5) is 0 Å². The third kappa shape index (κ3) is 2.46. The summed E-state index contributed by atoms with van der Waals surface area (Å²) in [6.45, 7) is 2.97. The SMILES string of the molecule is CC(N)[C@@H]1CCCC(CN)C1. The Hall–Kier alpha value is -0.0800. The smallest absolute Gasteiger partial charge is 0.00388 e. The molecule has 2 unspecified atom stereocenters. The summed E-state index contributed by atoms with van der Waals surface area (Å²) in [6.07, 6.45) is 5.22. The van der Waals surface area contributed by atoms with Crippen molar-refractivity contribution in [2.75, 3.05) is 6.54 Å². The lowest BCUT2D eigenvalue weighted by Crippen LogP contribution is -2.33. The summed E-state index contributed by atoms with van der Waals surface area (Å²) in [6, 6.07) is 0.365. The Labute approximate surface area is 69.3 Å². The maximum absolute atomic E-state index is 5.84. The molecule has 3 atom stereocenters. The van der Waals surface area contributed by atoms with E-state index in [0.717, 1.165) is 18.4 Å². The van der Waals surface area contributed by atoms with Crippen LogP contribution in [0.1, 0.15) is 32.6 Å². The number of hydrogen-bond donors (Lipinski definition) is 2. The molecule has 0 aromatic carbocycles. The third-order valence-electron chi connectivity index (χ3n) is 2.90. The van der Waals surface area contributed by atoms with E-state index in [9.17, 15) is 0 Å². The van der Waals surface area contributed by atoms with Crippen LogP contribution < -0.4 is 11.5 Å². The standard InChI is InChI=1S/C9H20N2/c1-7(11)9-4-2-3-8(5-9)6-10/h7-9H,2-6,10-11H2,1H3/t7?,8?,9-/m1/s1. The average molecular weight is 156 g/mol. The highest BCUT2D eigenvalue weighted by Gasteiger charge is 2.22. The molecule has 0 aromatic rings. The zero-order valence-electron chi connectivity index (χ0n) is 7.42. The van der Waals surface area contributed by atoms with Gasteiger partial charge in [-0.2, -0.15) is 0 Å². The molecule has 1 aliphatic carbocycles. The summed E-state index contributed by atoms with van der Waals surface area (Å²) in [5.74, 6) is 1.48. The second kappa shape index (κ2) is 4.07. The van der Waals surface area contributed by atoms with E-state index in [-0.39, 0.29) is 0 Å². The predicted molar refractivity (Wildman–Crippen MR) is 48.2 cm³/mol. The number of hydrogen-bond acceptors (Lipinski definition) is 2. The molecule has 0 amide bonds. The van der Waals surface area contributed by atoms with Crippen LogP contribution in [0.5, 0.6) is 0 Å². The van der Waals surface area contributed by atoms with Crippen molar-refractivity contribution < 1.29 is 0 Å². The molecule has 4 N–H and O–H groups in total. The van der Waals surface area contributed by atoms with E-state index >= 15 is 0 Å². The minimum atomic E-state index is 0.365. The molecule has 0 spiro atoms. The fourth-order valence-corrected chi connectivity index (χ4v) is 2.02. The molecule has 0 saturated heterocycles. The zero-order valence-corrected chi connectivity index (χ0v) is 7.42. The first-order valence-electron chi connectivity index (χ1n) is 4.69. The average Bonchev–Trinajstić information content (AvgIpc) is 2.05. The van der Waals surface area contributed by atoms with Crippen molar-refractivity contribution in [2.45, 2.75) is 38.6 Å². The molecule has 11 heavy (non-hydrogen) atoms. The highest BCUT2D eigenvalue weighted by molar-refractivity contribution is 4.78. The van der Waals surface area contributed by atoms with Crippen LogP contribution in [0, 0.1) is 11.8 Å². The highest BCUT2D eigenvalue weighted by atomic mass is 14.6. The van der Waals surface area contributed by atoms with Gasteiger partial charge in [-0.15, -0.1) is 0 Å². The highest BCUT2D eigenvalue weighted by Crippen LogP contribution is 2.29. The number of nitrogens with two attached hydrogens (primary N) is 2. The van der Waals surface area contributed by atoms with Crippen LogP contribution in [-0.4, -0.2) is 12.6 Å². The van der Waals surface area contributed by atoms with Gasteiger partial charge in [-0.05, 0) is 44.6 Å². The minimum absolute atomic E-state index is 0.365. The third-order valence-corrected chi connectivity index (χ3v) is 2.90. The number of rotatable bonds is 2. The van der Waals surface area contributed by atoms with Crippen LogP contribution >= 0.6 is 0 Å². The van der Waals surface area contributed by atoms with Gasteiger partial charge < -0.3 is 11.5 Å². The van der Waals surface area contributed by atoms with E-state index in [0.29, 0.717) is 6.04 Å². The first-order chi connectivity index (χ1) is 5.24. The van der Waals surface area contributed by atoms with Crippen LogP contribution in [0.3, 0.4) is 0 Å². The molecule has 1 aliphatic rings. The van der Waals surface area contributed by atoms with Gasteiger partial charge in [0.2, 0.25) is 0 Å². The van der Waals surface area contributed by atoms with Gasteiger partial charge in [0.05, 0.1) is 0 Å².